The Labute approximate surface area is 149 Å². The Morgan fingerprint density at radius 2 is 1.92 bits per heavy atom. The predicted molar refractivity (Wildman–Crippen MR) is 94.5 cm³/mol. The van der Waals surface area contributed by atoms with Crippen molar-refractivity contribution in [1.29, 1.82) is 0 Å². The topological polar surface area (TPSA) is 79.2 Å². The van der Waals surface area contributed by atoms with Gasteiger partial charge in [-0.1, -0.05) is 44.2 Å². The van der Waals surface area contributed by atoms with E-state index in [9.17, 15) is 15.3 Å². The van der Waals surface area contributed by atoms with Crippen molar-refractivity contribution in [2.75, 3.05) is 13.2 Å². The highest BCUT2D eigenvalue weighted by Crippen LogP contribution is 2.33. The van der Waals surface area contributed by atoms with Crippen LogP contribution in [-0.2, 0) is 4.74 Å². The van der Waals surface area contributed by atoms with E-state index in [2.05, 4.69) is 0 Å². The summed E-state index contributed by atoms with van der Waals surface area (Å²) in [6.45, 7) is 0.530. The van der Waals surface area contributed by atoms with Gasteiger partial charge in [0.15, 0.2) is 0 Å². The average Bonchev–Trinajstić information content (AvgIpc) is 2.65. The van der Waals surface area contributed by atoms with E-state index in [1.165, 1.54) is 32.1 Å². The van der Waals surface area contributed by atoms with Gasteiger partial charge >= 0.3 is 0 Å². The van der Waals surface area contributed by atoms with Crippen molar-refractivity contribution in [3.05, 3.63) is 29.8 Å². The van der Waals surface area contributed by atoms with Gasteiger partial charge in [0.25, 0.3) is 0 Å². The molecule has 1 saturated heterocycles. The summed E-state index contributed by atoms with van der Waals surface area (Å²) in [6, 6.07) is 7.49. The normalized spacial score (nSPS) is 31.0. The van der Waals surface area contributed by atoms with E-state index in [0.29, 0.717) is 6.61 Å². The number of hydrogen-bond acceptors (Lipinski definition) is 5. The van der Waals surface area contributed by atoms with E-state index < -0.39 is 24.4 Å². The summed E-state index contributed by atoms with van der Waals surface area (Å²) in [7, 11) is 0. The number of ether oxygens (including phenoxy) is 2. The molecule has 2 aliphatic rings. The maximum atomic E-state index is 10.2. The van der Waals surface area contributed by atoms with Crippen LogP contribution < -0.4 is 4.74 Å². The Hall–Kier alpha value is -1.14. The standard InChI is InChI=1S/C20H30O5/c21-13-17-12-18(22)19(23)20(25-17)15-7-4-8-16(11-15)24-10-9-14-5-2-1-3-6-14/h4,7-8,11,14,17-23H,1-3,5-6,9-10,12-13H2. The molecule has 4 unspecified atom stereocenters. The first-order chi connectivity index (χ1) is 12.2. The van der Waals surface area contributed by atoms with E-state index in [-0.39, 0.29) is 13.0 Å². The van der Waals surface area contributed by atoms with Crippen molar-refractivity contribution < 1.29 is 24.8 Å². The van der Waals surface area contributed by atoms with E-state index in [1.807, 2.05) is 24.3 Å². The fourth-order valence-electron chi connectivity index (χ4n) is 3.95. The van der Waals surface area contributed by atoms with Crippen LogP contribution in [0.3, 0.4) is 0 Å². The SMILES string of the molecule is OCC1CC(O)C(O)C(c2cccc(OCCC3CCCCC3)c2)O1. The molecule has 25 heavy (non-hydrogen) atoms. The summed E-state index contributed by atoms with van der Waals surface area (Å²) < 4.78 is 11.6. The van der Waals surface area contributed by atoms with Gasteiger partial charge in [-0.05, 0) is 30.0 Å². The van der Waals surface area contributed by atoms with Gasteiger partial charge in [-0.15, -0.1) is 0 Å². The molecule has 5 nitrogen and oxygen atoms in total. The van der Waals surface area contributed by atoms with Crippen molar-refractivity contribution in [1.82, 2.24) is 0 Å². The first kappa shape index (κ1) is 18.6. The third-order valence-corrected chi connectivity index (χ3v) is 5.46. The number of rotatable bonds is 6. The molecule has 1 saturated carbocycles. The molecule has 1 aromatic carbocycles. The highest BCUT2D eigenvalue weighted by atomic mass is 16.5. The Morgan fingerprint density at radius 3 is 2.68 bits per heavy atom. The third-order valence-electron chi connectivity index (χ3n) is 5.46. The zero-order valence-corrected chi connectivity index (χ0v) is 14.7. The Morgan fingerprint density at radius 1 is 1.12 bits per heavy atom. The van der Waals surface area contributed by atoms with Gasteiger partial charge in [0.05, 0.1) is 25.4 Å². The smallest absolute Gasteiger partial charge is 0.119 e. The predicted octanol–water partition coefficient (Wildman–Crippen LogP) is 2.58. The van der Waals surface area contributed by atoms with Crippen LogP contribution in [0.2, 0.25) is 0 Å². The molecule has 1 aliphatic carbocycles. The number of benzene rings is 1. The molecule has 3 rings (SSSR count). The molecule has 3 N–H and O–H groups in total. The summed E-state index contributed by atoms with van der Waals surface area (Å²) in [5.74, 6) is 1.53. The zero-order chi connectivity index (χ0) is 17.6. The second-order valence-corrected chi connectivity index (χ2v) is 7.37. The first-order valence-electron chi connectivity index (χ1n) is 9.52. The lowest BCUT2D eigenvalue weighted by Crippen LogP contribution is -2.44. The van der Waals surface area contributed by atoms with Crippen LogP contribution in [0.1, 0.15) is 56.6 Å². The summed E-state index contributed by atoms with van der Waals surface area (Å²) in [5.41, 5.74) is 0.764. The number of aliphatic hydroxyl groups excluding tert-OH is 3. The molecule has 140 valence electrons. The van der Waals surface area contributed by atoms with Crippen molar-refractivity contribution >= 4 is 0 Å². The molecule has 1 aromatic rings. The molecule has 1 heterocycles. The molecule has 4 atom stereocenters. The van der Waals surface area contributed by atoms with Gasteiger partial charge in [-0.3, -0.25) is 0 Å². The molecule has 0 spiro atoms. The van der Waals surface area contributed by atoms with E-state index in [0.717, 1.165) is 23.7 Å². The highest BCUT2D eigenvalue weighted by molar-refractivity contribution is 5.31. The van der Waals surface area contributed by atoms with Crippen LogP contribution in [-0.4, -0.2) is 46.8 Å². The molecule has 0 radical (unpaired) electrons. The van der Waals surface area contributed by atoms with Gasteiger partial charge < -0.3 is 24.8 Å². The van der Waals surface area contributed by atoms with Crippen LogP contribution in [0.15, 0.2) is 24.3 Å². The molecular formula is C20H30O5. The fraction of sp³-hybridized carbons (Fsp3) is 0.700. The number of aliphatic hydroxyl groups is 3. The van der Waals surface area contributed by atoms with Gasteiger partial charge in [0.2, 0.25) is 0 Å². The highest BCUT2D eigenvalue weighted by Gasteiger charge is 2.37. The molecule has 0 aromatic heterocycles. The largest absolute Gasteiger partial charge is 0.494 e. The Kier molecular flexibility index (Phi) is 6.70. The van der Waals surface area contributed by atoms with Crippen LogP contribution in [0, 0.1) is 5.92 Å². The second kappa shape index (κ2) is 8.99. The summed E-state index contributed by atoms with van der Waals surface area (Å²) in [6.07, 6.45) is 4.98. The molecule has 0 bridgehead atoms. The van der Waals surface area contributed by atoms with Crippen LogP contribution in [0.5, 0.6) is 5.75 Å². The van der Waals surface area contributed by atoms with Crippen molar-refractivity contribution in [2.24, 2.45) is 5.92 Å². The first-order valence-corrected chi connectivity index (χ1v) is 9.52. The summed E-state index contributed by atoms with van der Waals surface area (Å²) in [4.78, 5) is 0. The lowest BCUT2D eigenvalue weighted by molar-refractivity contribution is -0.179. The van der Waals surface area contributed by atoms with E-state index in [1.54, 1.807) is 0 Å². The minimum atomic E-state index is -1.000. The molecule has 5 heteroatoms. The van der Waals surface area contributed by atoms with E-state index >= 15 is 0 Å². The maximum absolute atomic E-state index is 10.2. The van der Waals surface area contributed by atoms with Crippen molar-refractivity contribution in [3.8, 4) is 5.75 Å². The third kappa shape index (κ3) is 4.94. The second-order valence-electron chi connectivity index (χ2n) is 7.37. The molecule has 0 amide bonds. The van der Waals surface area contributed by atoms with Crippen molar-refractivity contribution in [3.63, 3.8) is 0 Å². The lowest BCUT2D eigenvalue weighted by Gasteiger charge is -2.36. The van der Waals surface area contributed by atoms with Crippen LogP contribution in [0.25, 0.3) is 0 Å². The summed E-state index contributed by atoms with van der Waals surface area (Å²) in [5, 5.41) is 29.5. The van der Waals surface area contributed by atoms with Gasteiger partial charge in [0, 0.05) is 6.42 Å². The summed E-state index contributed by atoms with van der Waals surface area (Å²) >= 11 is 0. The Bertz CT molecular complexity index is 529. The Balaban J connectivity index is 1.58. The van der Waals surface area contributed by atoms with E-state index in [4.69, 9.17) is 9.47 Å². The molecular weight excluding hydrogens is 320 g/mol. The lowest BCUT2D eigenvalue weighted by atomic mass is 9.87. The fourth-order valence-corrected chi connectivity index (χ4v) is 3.95. The van der Waals surface area contributed by atoms with Gasteiger partial charge in [-0.2, -0.15) is 0 Å². The van der Waals surface area contributed by atoms with Crippen LogP contribution >= 0.6 is 0 Å². The van der Waals surface area contributed by atoms with Crippen molar-refractivity contribution in [2.45, 2.75) is 69.4 Å². The van der Waals surface area contributed by atoms with Gasteiger partial charge in [-0.25, -0.2) is 0 Å². The minimum Gasteiger partial charge on any atom is -0.494 e. The maximum Gasteiger partial charge on any atom is 0.119 e. The number of hydrogen-bond donors (Lipinski definition) is 3. The zero-order valence-electron chi connectivity index (χ0n) is 14.7. The van der Waals surface area contributed by atoms with Crippen LogP contribution in [0.4, 0.5) is 0 Å². The quantitative estimate of drug-likeness (QED) is 0.735. The minimum absolute atomic E-state index is 0.169. The average molecular weight is 350 g/mol. The van der Waals surface area contributed by atoms with Gasteiger partial charge in [0.1, 0.15) is 18.0 Å². The molecule has 1 aliphatic heterocycles. The molecule has 2 fully saturated rings. The monoisotopic (exact) mass is 350 g/mol.